The minimum atomic E-state index is -1.68. The van der Waals surface area contributed by atoms with Gasteiger partial charge in [-0.25, -0.2) is 28.3 Å². The first-order chi connectivity index (χ1) is 18.5. The third kappa shape index (κ3) is 3.57. The highest BCUT2D eigenvalue weighted by molar-refractivity contribution is 6.11. The molecule has 204 valence electrons. The van der Waals surface area contributed by atoms with Crippen LogP contribution in [0.25, 0.3) is 0 Å². The first-order valence-corrected chi connectivity index (χ1v) is 12.4. The molecule has 0 bridgehead atoms. The SMILES string of the molecule is COC(=O)C1=C[C@H](C(=O)OC)[C@H]2C3=C(C(=O)[C@@]2(C)NC(=O)c2ccccc2)[C@@H](C)n2c(=O)n(C)c(=O)n2[C@H]3C1. The van der Waals surface area contributed by atoms with Crippen molar-refractivity contribution in [2.45, 2.75) is 37.9 Å². The summed E-state index contributed by atoms with van der Waals surface area (Å²) in [5.41, 5.74) is -1.97. The first-order valence-electron chi connectivity index (χ1n) is 12.4. The smallest absolute Gasteiger partial charge is 0.347 e. The van der Waals surface area contributed by atoms with Crippen molar-refractivity contribution >= 4 is 23.6 Å². The van der Waals surface area contributed by atoms with Crippen LogP contribution in [0.2, 0.25) is 0 Å². The van der Waals surface area contributed by atoms with E-state index in [1.165, 1.54) is 43.6 Å². The van der Waals surface area contributed by atoms with Gasteiger partial charge in [-0.2, -0.15) is 0 Å². The van der Waals surface area contributed by atoms with Gasteiger partial charge < -0.3 is 14.8 Å². The number of benzene rings is 1. The Balaban J connectivity index is 1.79. The van der Waals surface area contributed by atoms with Crippen LogP contribution in [0.15, 0.2) is 62.7 Å². The van der Waals surface area contributed by atoms with E-state index in [1.54, 1.807) is 37.3 Å². The molecule has 5 rings (SSSR count). The first kappa shape index (κ1) is 26.1. The van der Waals surface area contributed by atoms with Crippen LogP contribution in [0.3, 0.4) is 0 Å². The van der Waals surface area contributed by atoms with Gasteiger partial charge in [0.15, 0.2) is 5.78 Å². The Hall–Kier alpha value is -4.48. The second-order valence-corrected chi connectivity index (χ2v) is 10.1. The molecule has 2 aliphatic carbocycles. The van der Waals surface area contributed by atoms with E-state index < -0.39 is 64.5 Å². The van der Waals surface area contributed by atoms with E-state index >= 15 is 0 Å². The van der Waals surface area contributed by atoms with Gasteiger partial charge >= 0.3 is 23.3 Å². The van der Waals surface area contributed by atoms with Gasteiger partial charge in [0.2, 0.25) is 0 Å². The summed E-state index contributed by atoms with van der Waals surface area (Å²) in [6, 6.07) is 6.43. The number of esters is 2. The molecule has 3 aliphatic rings. The quantitative estimate of drug-likeness (QED) is 0.554. The van der Waals surface area contributed by atoms with Crippen LogP contribution in [-0.2, 0) is 30.9 Å². The number of carbonyl (C=O) groups excluding carboxylic acids is 4. The van der Waals surface area contributed by atoms with Crippen LogP contribution < -0.4 is 16.7 Å². The highest BCUT2D eigenvalue weighted by Crippen LogP contribution is 2.54. The van der Waals surface area contributed by atoms with Gasteiger partial charge in [-0.1, -0.05) is 24.3 Å². The predicted octanol–water partition coefficient (Wildman–Crippen LogP) is 0.441. The topological polar surface area (TPSA) is 148 Å². The van der Waals surface area contributed by atoms with Gasteiger partial charge in [-0.15, -0.1) is 0 Å². The highest BCUT2D eigenvalue weighted by Gasteiger charge is 2.62. The molecule has 1 N–H and O–H groups in total. The molecule has 0 saturated heterocycles. The zero-order chi connectivity index (χ0) is 28.4. The van der Waals surface area contributed by atoms with Gasteiger partial charge in [0, 0.05) is 36.1 Å². The maximum absolute atomic E-state index is 14.3. The van der Waals surface area contributed by atoms with Gasteiger partial charge in [-0.05, 0) is 31.6 Å². The standard InChI is InChI=1S/C27H28N4O8/c1-13-18-19-17(31-26(37)29(3)25(36)30(13)31)12-15(23(34)38-4)11-16(24(35)39-5)20(19)27(2,21(18)32)28-22(33)14-9-7-6-8-10-14/h6-11,13,16-17,20H,12H2,1-5H3,(H,28,33)/t13-,16+,17+,20+,27+/m1/s1. The number of methoxy groups -OCH3 is 2. The van der Waals surface area contributed by atoms with Crippen molar-refractivity contribution in [2.24, 2.45) is 18.9 Å². The molecule has 2 aromatic rings. The summed E-state index contributed by atoms with van der Waals surface area (Å²) in [6.45, 7) is 3.13. The van der Waals surface area contributed by atoms with Crippen molar-refractivity contribution in [1.29, 1.82) is 0 Å². The lowest BCUT2D eigenvalue weighted by molar-refractivity contribution is -0.146. The molecule has 5 atom stereocenters. The maximum Gasteiger partial charge on any atom is 0.347 e. The molecule has 2 heterocycles. The minimum absolute atomic E-state index is 0.0765. The maximum atomic E-state index is 14.3. The van der Waals surface area contributed by atoms with Crippen LogP contribution in [-0.4, -0.2) is 57.3 Å². The molecule has 12 heteroatoms. The molecule has 0 radical (unpaired) electrons. The normalized spacial score (nSPS) is 27.2. The highest BCUT2D eigenvalue weighted by atomic mass is 16.5. The second kappa shape index (κ2) is 9.07. The van der Waals surface area contributed by atoms with Crippen LogP contribution >= 0.6 is 0 Å². The summed E-state index contributed by atoms with van der Waals surface area (Å²) in [7, 11) is 3.70. The number of fused-ring (bicyclic) bond motifs is 2. The Labute approximate surface area is 222 Å². The number of ether oxygens (including phenoxy) is 2. The lowest BCUT2D eigenvalue weighted by atomic mass is 9.74. The van der Waals surface area contributed by atoms with Crippen LogP contribution in [0.5, 0.6) is 0 Å². The summed E-state index contributed by atoms with van der Waals surface area (Å²) < 4.78 is 13.4. The van der Waals surface area contributed by atoms with E-state index in [0.29, 0.717) is 11.1 Å². The largest absolute Gasteiger partial charge is 0.469 e. The van der Waals surface area contributed by atoms with E-state index in [9.17, 15) is 28.8 Å². The zero-order valence-corrected chi connectivity index (χ0v) is 22.1. The van der Waals surface area contributed by atoms with Crippen molar-refractivity contribution in [2.75, 3.05) is 14.2 Å². The van der Waals surface area contributed by atoms with Gasteiger partial charge in [-0.3, -0.25) is 14.4 Å². The van der Waals surface area contributed by atoms with Crippen LogP contribution in [0.1, 0.15) is 42.7 Å². The molecule has 1 amide bonds. The third-order valence-electron chi connectivity index (χ3n) is 8.10. The van der Waals surface area contributed by atoms with E-state index in [1.807, 2.05) is 0 Å². The molecule has 0 fully saturated rings. The summed E-state index contributed by atoms with van der Waals surface area (Å²) in [6.07, 6.45) is 1.26. The second-order valence-electron chi connectivity index (χ2n) is 10.1. The molecule has 1 aliphatic heterocycles. The fraction of sp³-hybridized carbons (Fsp3) is 0.407. The number of carbonyl (C=O) groups is 4. The summed E-state index contributed by atoms with van der Waals surface area (Å²) in [5, 5.41) is 2.84. The van der Waals surface area contributed by atoms with E-state index in [-0.39, 0.29) is 17.6 Å². The van der Waals surface area contributed by atoms with Gasteiger partial charge in [0.05, 0.1) is 32.2 Å². The zero-order valence-electron chi connectivity index (χ0n) is 22.1. The Morgan fingerprint density at radius 2 is 1.64 bits per heavy atom. The number of hydrogen-bond donors (Lipinski definition) is 1. The third-order valence-corrected chi connectivity index (χ3v) is 8.10. The fourth-order valence-electron chi connectivity index (χ4n) is 6.30. The van der Waals surface area contributed by atoms with Crippen molar-refractivity contribution in [3.05, 3.63) is 79.7 Å². The summed E-state index contributed by atoms with van der Waals surface area (Å²) in [4.78, 5) is 80.2. The van der Waals surface area contributed by atoms with E-state index in [2.05, 4.69) is 5.32 Å². The number of rotatable bonds is 4. The Morgan fingerprint density at radius 1 is 1.00 bits per heavy atom. The summed E-state index contributed by atoms with van der Waals surface area (Å²) in [5.74, 6) is -4.71. The van der Waals surface area contributed by atoms with Crippen molar-refractivity contribution in [1.82, 2.24) is 19.2 Å². The number of nitrogens with one attached hydrogen (secondary N) is 1. The molecule has 1 aromatic heterocycles. The predicted molar refractivity (Wildman–Crippen MR) is 136 cm³/mol. The number of ketones is 1. The fourth-order valence-corrected chi connectivity index (χ4v) is 6.30. The Morgan fingerprint density at radius 3 is 2.26 bits per heavy atom. The number of amides is 1. The molecular formula is C27H28N4O8. The molecular weight excluding hydrogens is 508 g/mol. The van der Waals surface area contributed by atoms with Crippen LogP contribution in [0, 0.1) is 11.8 Å². The number of nitrogens with zero attached hydrogens (tertiary/aromatic N) is 3. The van der Waals surface area contributed by atoms with Crippen molar-refractivity contribution in [3.63, 3.8) is 0 Å². The number of aromatic nitrogens is 3. The monoisotopic (exact) mass is 536 g/mol. The van der Waals surface area contributed by atoms with Gasteiger partial charge in [0.25, 0.3) is 5.91 Å². The van der Waals surface area contributed by atoms with Crippen molar-refractivity contribution < 1.29 is 28.7 Å². The van der Waals surface area contributed by atoms with Crippen LogP contribution in [0.4, 0.5) is 0 Å². The summed E-state index contributed by atoms with van der Waals surface area (Å²) >= 11 is 0. The van der Waals surface area contributed by atoms with Gasteiger partial charge in [0.1, 0.15) is 5.54 Å². The minimum Gasteiger partial charge on any atom is -0.469 e. The number of Topliss-reactive ketones (excluding diaryl/α,β-unsaturated/α-hetero) is 1. The molecule has 0 saturated carbocycles. The molecule has 12 nitrogen and oxygen atoms in total. The molecule has 0 unspecified atom stereocenters. The average molecular weight is 537 g/mol. The molecule has 1 aromatic carbocycles. The lowest BCUT2D eigenvalue weighted by Crippen LogP contribution is -2.57. The van der Waals surface area contributed by atoms with E-state index in [4.69, 9.17) is 9.47 Å². The molecule has 39 heavy (non-hydrogen) atoms. The molecule has 0 spiro atoms. The van der Waals surface area contributed by atoms with E-state index in [0.717, 1.165) is 4.57 Å². The number of hydrogen-bond acceptors (Lipinski definition) is 8. The lowest BCUT2D eigenvalue weighted by Gasteiger charge is -2.37. The van der Waals surface area contributed by atoms with Crippen molar-refractivity contribution in [3.8, 4) is 0 Å². The average Bonchev–Trinajstić information content (AvgIpc) is 3.20. The Kier molecular flexibility index (Phi) is 6.08. The Bertz CT molecular complexity index is 1610.